The van der Waals surface area contributed by atoms with Crippen LogP contribution in [0.4, 0.5) is 8.78 Å². The van der Waals surface area contributed by atoms with Crippen molar-refractivity contribution >= 4 is 5.71 Å². The molecule has 5 rings (SSSR count). The molecule has 2 aliphatic heterocycles. The predicted molar refractivity (Wildman–Crippen MR) is 135 cm³/mol. The number of ether oxygens (including phenoxy) is 1. The zero-order valence-electron chi connectivity index (χ0n) is 21.0. The molecule has 0 aliphatic carbocycles. The Kier molecular flexibility index (Phi) is 7.17. The van der Waals surface area contributed by atoms with E-state index in [0.717, 1.165) is 61.3 Å². The van der Waals surface area contributed by atoms with E-state index >= 15 is 0 Å². The maximum Gasteiger partial charge on any atom is 0.250 e. The Balaban J connectivity index is 1.27. The first-order chi connectivity index (χ1) is 17.9. The summed E-state index contributed by atoms with van der Waals surface area (Å²) >= 11 is 0. The van der Waals surface area contributed by atoms with Crippen molar-refractivity contribution in [2.24, 2.45) is 5.16 Å². The summed E-state index contributed by atoms with van der Waals surface area (Å²) in [5.74, 6) is -1.87. The molecule has 0 bridgehead atoms. The van der Waals surface area contributed by atoms with Gasteiger partial charge in [-0.2, -0.15) is 0 Å². The van der Waals surface area contributed by atoms with Gasteiger partial charge in [-0.15, -0.1) is 0 Å². The molecule has 1 spiro atoms. The maximum absolute atomic E-state index is 13.8. The molecule has 2 aromatic heterocycles. The Bertz CT molecular complexity index is 1360. The fourth-order valence-corrected chi connectivity index (χ4v) is 5.12. The van der Waals surface area contributed by atoms with Gasteiger partial charge in [-0.05, 0) is 62.1 Å². The number of aromatic nitrogens is 2. The summed E-state index contributed by atoms with van der Waals surface area (Å²) in [6.45, 7) is 7.69. The van der Waals surface area contributed by atoms with Gasteiger partial charge in [0.05, 0.1) is 17.9 Å². The number of aryl methyl sites for hydroxylation is 1. The summed E-state index contributed by atoms with van der Waals surface area (Å²) in [4.78, 5) is 24.5. The lowest BCUT2D eigenvalue weighted by molar-refractivity contribution is -0.0799. The van der Waals surface area contributed by atoms with Gasteiger partial charge in [-0.1, -0.05) is 11.2 Å². The third kappa shape index (κ3) is 5.06. The van der Waals surface area contributed by atoms with Crippen LogP contribution in [0.15, 0.2) is 58.7 Å². The smallest absolute Gasteiger partial charge is 0.250 e. The average molecular weight is 509 g/mol. The Hall–Kier alpha value is -3.43. The van der Waals surface area contributed by atoms with Gasteiger partial charge in [-0.25, -0.2) is 8.78 Å². The maximum atomic E-state index is 13.8. The fraction of sp³-hybridized carbons (Fsp3) is 0.393. The highest BCUT2D eigenvalue weighted by atomic mass is 19.2. The van der Waals surface area contributed by atoms with Crippen LogP contribution in [-0.2, 0) is 34.9 Å². The minimum Gasteiger partial charge on any atom is -0.396 e. The second-order valence-electron chi connectivity index (χ2n) is 9.43. The Morgan fingerprint density at radius 1 is 1.14 bits per heavy atom. The van der Waals surface area contributed by atoms with Crippen LogP contribution in [0.25, 0.3) is 0 Å². The Labute approximate surface area is 214 Å². The molecule has 37 heavy (non-hydrogen) atoms. The second-order valence-corrected chi connectivity index (χ2v) is 9.43. The second kappa shape index (κ2) is 10.5. The van der Waals surface area contributed by atoms with Crippen LogP contribution in [0.5, 0.6) is 0 Å². The lowest BCUT2D eigenvalue weighted by Crippen LogP contribution is -2.42. The highest BCUT2D eigenvalue weighted by Gasteiger charge is 2.43. The number of nitrogens with zero attached hydrogens (tertiary/aromatic N) is 4. The quantitative estimate of drug-likeness (QED) is 0.351. The summed E-state index contributed by atoms with van der Waals surface area (Å²) in [7, 11) is 0. The summed E-state index contributed by atoms with van der Waals surface area (Å²) in [6.07, 6.45) is 5.36. The predicted octanol–water partition coefficient (Wildman–Crippen LogP) is 4.35. The zero-order valence-corrected chi connectivity index (χ0v) is 21.0. The molecule has 3 aromatic rings. The highest BCUT2D eigenvalue weighted by molar-refractivity contribution is 6.11. The number of hydrogen-bond acceptors (Lipinski definition) is 6. The average Bonchev–Trinajstić information content (AvgIpc) is 3.24. The Morgan fingerprint density at radius 3 is 2.62 bits per heavy atom. The van der Waals surface area contributed by atoms with Gasteiger partial charge in [0.1, 0.15) is 12.3 Å². The minimum absolute atomic E-state index is 0.0235. The normalized spacial score (nSPS) is 17.2. The number of benzene rings is 1. The molecule has 0 amide bonds. The molecule has 4 heterocycles. The molecule has 9 heteroatoms. The molecule has 0 unspecified atom stereocenters. The van der Waals surface area contributed by atoms with Crippen LogP contribution in [0, 0.1) is 11.6 Å². The number of oxime groups is 1. The van der Waals surface area contributed by atoms with E-state index in [4.69, 9.17) is 9.57 Å². The molecule has 0 radical (unpaired) electrons. The summed E-state index contributed by atoms with van der Waals surface area (Å²) in [5.41, 5.74) is 4.06. The van der Waals surface area contributed by atoms with Gasteiger partial charge in [0.15, 0.2) is 11.6 Å². The number of hydrogen-bond donors (Lipinski definition) is 0. The van der Waals surface area contributed by atoms with Crippen molar-refractivity contribution in [1.29, 1.82) is 0 Å². The van der Waals surface area contributed by atoms with Crippen LogP contribution in [0.2, 0.25) is 0 Å². The van der Waals surface area contributed by atoms with Gasteiger partial charge in [0.25, 0.3) is 5.56 Å². The van der Waals surface area contributed by atoms with Gasteiger partial charge in [0, 0.05) is 55.8 Å². The number of rotatable bonds is 7. The molecule has 7 nitrogen and oxygen atoms in total. The molecule has 1 aromatic carbocycles. The number of piperidine rings is 1. The van der Waals surface area contributed by atoms with Crippen LogP contribution >= 0.6 is 0 Å². The van der Waals surface area contributed by atoms with E-state index in [9.17, 15) is 13.6 Å². The van der Waals surface area contributed by atoms with E-state index in [1.54, 1.807) is 23.8 Å². The summed E-state index contributed by atoms with van der Waals surface area (Å²) in [6, 6.07) is 9.15. The van der Waals surface area contributed by atoms with Crippen molar-refractivity contribution in [3.05, 3.63) is 98.7 Å². The van der Waals surface area contributed by atoms with E-state index < -0.39 is 11.6 Å². The first-order valence-corrected chi connectivity index (χ1v) is 12.6. The Morgan fingerprint density at radius 2 is 1.95 bits per heavy atom. The number of pyridine rings is 2. The molecule has 1 saturated heterocycles. The first kappa shape index (κ1) is 25.2. The van der Waals surface area contributed by atoms with Crippen molar-refractivity contribution < 1.29 is 18.4 Å². The molecule has 0 N–H and O–H groups in total. The molecule has 2 aliphatic rings. The summed E-state index contributed by atoms with van der Waals surface area (Å²) < 4.78 is 35.2. The lowest BCUT2D eigenvalue weighted by Gasteiger charge is -2.39. The van der Waals surface area contributed by atoms with Crippen LogP contribution in [0.1, 0.15) is 54.6 Å². The van der Waals surface area contributed by atoms with Crippen LogP contribution < -0.4 is 5.56 Å². The van der Waals surface area contributed by atoms with E-state index in [2.05, 4.69) is 15.0 Å². The monoisotopic (exact) mass is 508 g/mol. The fourth-order valence-electron chi connectivity index (χ4n) is 5.12. The molecule has 1 fully saturated rings. The van der Waals surface area contributed by atoms with Crippen LogP contribution in [0.3, 0.4) is 0 Å². The first-order valence-electron chi connectivity index (χ1n) is 12.6. The zero-order chi connectivity index (χ0) is 26.0. The van der Waals surface area contributed by atoms with Crippen molar-refractivity contribution in [3.8, 4) is 0 Å². The van der Waals surface area contributed by atoms with Gasteiger partial charge >= 0.3 is 0 Å². The lowest BCUT2D eigenvalue weighted by atomic mass is 9.84. The molecular weight excluding hydrogens is 478 g/mol. The van der Waals surface area contributed by atoms with Crippen molar-refractivity contribution in [2.75, 3.05) is 19.7 Å². The van der Waals surface area contributed by atoms with Gasteiger partial charge in [-0.3, -0.25) is 14.7 Å². The van der Waals surface area contributed by atoms with Crippen molar-refractivity contribution in [2.45, 2.75) is 52.0 Å². The highest BCUT2D eigenvalue weighted by Crippen LogP contribution is 2.43. The topological polar surface area (TPSA) is 69.0 Å². The number of likely N-dealkylation sites (tertiary alicyclic amines) is 1. The number of fused-ring (bicyclic) bond motifs is 2. The minimum atomic E-state index is -0.953. The van der Waals surface area contributed by atoms with E-state index in [0.29, 0.717) is 36.7 Å². The van der Waals surface area contributed by atoms with Crippen molar-refractivity contribution in [3.63, 3.8) is 0 Å². The number of halogens is 2. The van der Waals surface area contributed by atoms with Gasteiger partial charge in [0.2, 0.25) is 0 Å². The molecule has 194 valence electrons. The van der Waals surface area contributed by atoms with E-state index in [1.165, 1.54) is 6.07 Å². The third-order valence-corrected chi connectivity index (χ3v) is 7.16. The SMILES string of the molecule is CCON=C(c1ccc(F)c(F)c1)c1ccc(CN2CCC3(CC2)OCc2cn(CC)c(=O)cc23)cn1. The molecule has 0 saturated carbocycles. The third-order valence-electron chi connectivity index (χ3n) is 7.16. The van der Waals surface area contributed by atoms with Crippen molar-refractivity contribution in [1.82, 2.24) is 14.5 Å². The standard InChI is InChI=1S/C28H30F2N4O3/c1-3-34-17-21-18-36-28(22(21)14-26(34)35)9-11-33(12-10-28)16-19-5-8-25(31-15-19)27(32-37-4-2)20-6-7-23(29)24(30)13-20/h5-8,13-15,17H,3-4,9-12,16,18H2,1-2H3. The summed E-state index contributed by atoms with van der Waals surface area (Å²) in [5, 5.41) is 4.09. The largest absolute Gasteiger partial charge is 0.396 e. The molecule has 0 atom stereocenters. The van der Waals surface area contributed by atoms with E-state index in [-0.39, 0.29) is 11.2 Å². The molecular formula is C28H30F2N4O3. The van der Waals surface area contributed by atoms with Gasteiger partial charge < -0.3 is 14.1 Å². The van der Waals surface area contributed by atoms with E-state index in [1.807, 2.05) is 25.3 Å². The van der Waals surface area contributed by atoms with Crippen LogP contribution in [-0.4, -0.2) is 39.9 Å².